The van der Waals surface area contributed by atoms with Gasteiger partial charge in [-0.15, -0.1) is 11.3 Å². The van der Waals surface area contributed by atoms with Crippen molar-refractivity contribution in [1.82, 2.24) is 16.2 Å². The van der Waals surface area contributed by atoms with E-state index in [2.05, 4.69) is 10.7 Å². The summed E-state index contributed by atoms with van der Waals surface area (Å²) in [6, 6.07) is 3.75. The number of hydrogen-bond acceptors (Lipinski definition) is 4. The first-order valence-electron chi connectivity index (χ1n) is 6.58. The fourth-order valence-electron chi connectivity index (χ4n) is 1.74. The third-order valence-electron chi connectivity index (χ3n) is 2.71. The molecule has 23 heavy (non-hydrogen) atoms. The van der Waals surface area contributed by atoms with Crippen LogP contribution in [0.2, 0.25) is 5.02 Å². The molecule has 0 saturated carbocycles. The highest BCUT2D eigenvalue weighted by Gasteiger charge is 2.20. The van der Waals surface area contributed by atoms with Gasteiger partial charge < -0.3 is 5.32 Å². The molecule has 0 atom stereocenters. The molecular weight excluding hydrogens is 345 g/mol. The Balaban J connectivity index is 2.08. The molecule has 0 aliphatic carbocycles. The number of amides is 3. The maximum Gasteiger partial charge on any atom is 0.327 e. The van der Waals surface area contributed by atoms with Gasteiger partial charge in [-0.05, 0) is 32.0 Å². The van der Waals surface area contributed by atoms with Crippen molar-refractivity contribution in [3.8, 4) is 0 Å². The Bertz CT molecular complexity index is 791. The van der Waals surface area contributed by atoms with E-state index in [4.69, 9.17) is 11.6 Å². The Morgan fingerprint density at radius 2 is 1.87 bits per heavy atom. The predicted molar refractivity (Wildman–Crippen MR) is 85.7 cm³/mol. The monoisotopic (exact) mass is 357 g/mol. The van der Waals surface area contributed by atoms with Gasteiger partial charge in [-0.3, -0.25) is 25.2 Å². The summed E-state index contributed by atoms with van der Waals surface area (Å²) in [5.41, 5.74) is 4.09. The molecule has 9 heteroatoms. The van der Waals surface area contributed by atoms with Crippen LogP contribution in [0.15, 0.2) is 18.2 Å². The van der Waals surface area contributed by atoms with E-state index in [0.29, 0.717) is 10.1 Å². The lowest BCUT2D eigenvalue weighted by Gasteiger charge is -2.09. The highest BCUT2D eigenvalue weighted by atomic mass is 35.5. The van der Waals surface area contributed by atoms with Crippen molar-refractivity contribution < 1.29 is 18.8 Å². The Kier molecular flexibility index (Phi) is 5.17. The molecule has 122 valence electrons. The third-order valence-corrected chi connectivity index (χ3v) is 4.37. The zero-order valence-corrected chi connectivity index (χ0v) is 13.8. The quantitative estimate of drug-likeness (QED) is 0.567. The van der Waals surface area contributed by atoms with Crippen LogP contribution in [0.4, 0.5) is 4.39 Å². The third kappa shape index (κ3) is 3.96. The summed E-state index contributed by atoms with van der Waals surface area (Å²) >= 11 is 7.07. The SMILES string of the molecule is CC(C)NC(=O)C(=O)NNC(=O)c1sc2cc(F)ccc2c1Cl. The summed E-state index contributed by atoms with van der Waals surface area (Å²) in [4.78, 5) is 35.1. The zero-order valence-electron chi connectivity index (χ0n) is 12.2. The minimum Gasteiger partial charge on any atom is -0.346 e. The summed E-state index contributed by atoms with van der Waals surface area (Å²) in [6.45, 7) is 3.39. The Labute approximate surface area is 140 Å². The molecule has 1 heterocycles. The first-order valence-corrected chi connectivity index (χ1v) is 7.77. The number of fused-ring (bicyclic) bond motifs is 1. The van der Waals surface area contributed by atoms with Gasteiger partial charge in [0.2, 0.25) is 0 Å². The molecule has 0 fully saturated rings. The Hall–Kier alpha value is -2.19. The van der Waals surface area contributed by atoms with E-state index in [0.717, 1.165) is 11.3 Å². The van der Waals surface area contributed by atoms with E-state index in [-0.39, 0.29) is 15.9 Å². The van der Waals surface area contributed by atoms with Crippen molar-refractivity contribution in [2.75, 3.05) is 0 Å². The van der Waals surface area contributed by atoms with E-state index >= 15 is 0 Å². The average Bonchev–Trinajstić information content (AvgIpc) is 2.80. The summed E-state index contributed by atoms with van der Waals surface area (Å²) in [6.07, 6.45) is 0. The van der Waals surface area contributed by atoms with Crippen LogP contribution in [-0.4, -0.2) is 23.8 Å². The second-order valence-corrected chi connectivity index (χ2v) is 6.35. The summed E-state index contributed by atoms with van der Waals surface area (Å²) < 4.78 is 13.7. The lowest BCUT2D eigenvalue weighted by molar-refractivity contribution is -0.139. The predicted octanol–water partition coefficient (Wildman–Crippen LogP) is 1.98. The van der Waals surface area contributed by atoms with Crippen LogP contribution in [0.25, 0.3) is 10.1 Å². The number of halogens is 2. The lowest BCUT2D eigenvalue weighted by Crippen LogP contribution is -2.49. The highest BCUT2D eigenvalue weighted by molar-refractivity contribution is 7.21. The standard InChI is InChI=1S/C14H13ClFN3O3S/c1-6(2)17-13(21)14(22)19-18-12(20)11-10(15)8-4-3-7(16)5-9(8)23-11/h3-6H,1-2H3,(H,17,21)(H,18,20)(H,19,22). The number of carbonyl (C=O) groups is 3. The number of benzene rings is 1. The fourth-order valence-corrected chi connectivity index (χ4v) is 3.18. The molecule has 0 aliphatic heterocycles. The van der Waals surface area contributed by atoms with Gasteiger partial charge in [0.15, 0.2) is 0 Å². The number of thiophene rings is 1. The molecule has 1 aromatic heterocycles. The van der Waals surface area contributed by atoms with E-state index in [1.165, 1.54) is 18.2 Å². The van der Waals surface area contributed by atoms with Crippen molar-refractivity contribution in [2.45, 2.75) is 19.9 Å². The van der Waals surface area contributed by atoms with Gasteiger partial charge >= 0.3 is 11.8 Å². The van der Waals surface area contributed by atoms with Gasteiger partial charge in [0, 0.05) is 16.1 Å². The van der Waals surface area contributed by atoms with Crippen LogP contribution in [0.3, 0.4) is 0 Å². The van der Waals surface area contributed by atoms with E-state index in [1.807, 2.05) is 5.43 Å². The second kappa shape index (κ2) is 6.93. The van der Waals surface area contributed by atoms with E-state index < -0.39 is 23.5 Å². The van der Waals surface area contributed by atoms with Crippen molar-refractivity contribution in [3.63, 3.8) is 0 Å². The minimum absolute atomic E-state index is 0.108. The molecule has 0 radical (unpaired) electrons. The van der Waals surface area contributed by atoms with Gasteiger partial charge in [0.05, 0.1) is 5.02 Å². The molecule has 3 N–H and O–H groups in total. The fraction of sp³-hybridized carbons (Fsp3) is 0.214. The van der Waals surface area contributed by atoms with Crippen LogP contribution in [0.5, 0.6) is 0 Å². The largest absolute Gasteiger partial charge is 0.346 e. The molecule has 3 amide bonds. The van der Waals surface area contributed by atoms with Gasteiger partial charge in [0.1, 0.15) is 10.7 Å². The maximum absolute atomic E-state index is 13.2. The molecule has 1 aromatic carbocycles. The second-order valence-electron chi connectivity index (χ2n) is 4.92. The topological polar surface area (TPSA) is 87.3 Å². The average molecular weight is 358 g/mol. The molecule has 0 bridgehead atoms. The summed E-state index contributed by atoms with van der Waals surface area (Å²) in [5.74, 6) is -3.01. The summed E-state index contributed by atoms with van der Waals surface area (Å²) in [7, 11) is 0. The normalized spacial score (nSPS) is 10.7. The first kappa shape index (κ1) is 17.2. The smallest absolute Gasteiger partial charge is 0.327 e. The van der Waals surface area contributed by atoms with Crippen LogP contribution >= 0.6 is 22.9 Å². The van der Waals surface area contributed by atoms with Gasteiger partial charge in [0.25, 0.3) is 5.91 Å². The Morgan fingerprint density at radius 3 is 2.52 bits per heavy atom. The molecule has 2 aromatic rings. The number of carbonyl (C=O) groups excluding carboxylic acids is 3. The van der Waals surface area contributed by atoms with Crippen LogP contribution < -0.4 is 16.2 Å². The molecule has 6 nitrogen and oxygen atoms in total. The van der Waals surface area contributed by atoms with Crippen molar-refractivity contribution in [1.29, 1.82) is 0 Å². The van der Waals surface area contributed by atoms with Gasteiger partial charge in [-0.25, -0.2) is 4.39 Å². The van der Waals surface area contributed by atoms with Crippen molar-refractivity contribution in [3.05, 3.63) is 33.9 Å². The molecule has 0 saturated heterocycles. The molecule has 0 spiro atoms. The molecule has 0 unspecified atom stereocenters. The molecular formula is C14H13ClFN3O3S. The van der Waals surface area contributed by atoms with Gasteiger partial charge in [-0.2, -0.15) is 0 Å². The number of hydrogen-bond donors (Lipinski definition) is 3. The van der Waals surface area contributed by atoms with Crippen LogP contribution in [0.1, 0.15) is 23.5 Å². The van der Waals surface area contributed by atoms with Crippen molar-refractivity contribution >= 4 is 50.7 Å². The lowest BCUT2D eigenvalue weighted by atomic mass is 10.2. The van der Waals surface area contributed by atoms with E-state index in [9.17, 15) is 18.8 Å². The zero-order chi connectivity index (χ0) is 17.1. The molecule has 0 aliphatic rings. The summed E-state index contributed by atoms with van der Waals surface area (Å²) in [5, 5.41) is 3.07. The van der Waals surface area contributed by atoms with Crippen LogP contribution in [0, 0.1) is 5.82 Å². The Morgan fingerprint density at radius 1 is 1.17 bits per heavy atom. The number of hydrazine groups is 1. The van der Waals surface area contributed by atoms with Crippen LogP contribution in [-0.2, 0) is 9.59 Å². The maximum atomic E-state index is 13.2. The highest BCUT2D eigenvalue weighted by Crippen LogP contribution is 2.35. The minimum atomic E-state index is -1.00. The van der Waals surface area contributed by atoms with Crippen molar-refractivity contribution in [2.24, 2.45) is 0 Å². The number of rotatable bonds is 2. The molecule has 2 rings (SSSR count). The first-order chi connectivity index (χ1) is 10.8. The number of nitrogens with one attached hydrogen (secondary N) is 3. The van der Waals surface area contributed by atoms with Gasteiger partial charge in [-0.1, -0.05) is 11.6 Å². The van der Waals surface area contributed by atoms with E-state index in [1.54, 1.807) is 13.8 Å².